The number of nitrogens with one attached hydrogen (secondary N) is 1. The Labute approximate surface area is 115 Å². The number of aromatic nitrogens is 1. The largest absolute Gasteiger partial charge is 0.352 e. The van der Waals surface area contributed by atoms with Crippen LogP contribution in [0, 0.1) is 0 Å². The van der Waals surface area contributed by atoms with Crippen LogP contribution in [0.5, 0.6) is 0 Å². The molecule has 0 bridgehead atoms. The number of nitrogens with zero attached hydrogens (tertiary/aromatic N) is 3. The Balaban J connectivity index is 2.00. The lowest BCUT2D eigenvalue weighted by Crippen LogP contribution is -2.09. The Bertz CT molecular complexity index is 751. The van der Waals surface area contributed by atoms with E-state index in [1.807, 2.05) is 24.3 Å². The van der Waals surface area contributed by atoms with Crippen molar-refractivity contribution in [2.75, 3.05) is 6.54 Å². The van der Waals surface area contributed by atoms with E-state index in [4.69, 9.17) is 5.53 Å². The third-order valence-corrected chi connectivity index (χ3v) is 3.60. The van der Waals surface area contributed by atoms with Crippen LogP contribution in [-0.4, -0.2) is 17.3 Å². The highest BCUT2D eigenvalue weighted by molar-refractivity contribution is 6.03. The highest BCUT2D eigenvalue weighted by atomic mass is 16.1. The van der Waals surface area contributed by atoms with Crippen molar-refractivity contribution in [3.63, 3.8) is 0 Å². The standard InChI is InChI=1S/C15H14N4O/c16-19-17-8-2-3-10-6-7-13-12(9-10)11-4-1-5-14(20)15(11)18-13/h2-3,6-7,9,18H,1,4-5,8H2. The fraction of sp³-hybridized carbons (Fsp3) is 0.267. The van der Waals surface area contributed by atoms with Gasteiger partial charge in [-0.2, -0.15) is 0 Å². The van der Waals surface area contributed by atoms with E-state index in [9.17, 15) is 4.79 Å². The number of fused-ring (bicyclic) bond motifs is 3. The molecule has 1 N–H and O–H groups in total. The van der Waals surface area contributed by atoms with Gasteiger partial charge in [-0.25, -0.2) is 0 Å². The zero-order valence-electron chi connectivity index (χ0n) is 11.0. The number of ketones is 1. The maximum atomic E-state index is 11.9. The fourth-order valence-corrected chi connectivity index (χ4v) is 2.69. The highest BCUT2D eigenvalue weighted by Gasteiger charge is 2.21. The number of carbonyl (C=O) groups is 1. The number of carbonyl (C=O) groups excluding carboxylic acids is 1. The smallest absolute Gasteiger partial charge is 0.179 e. The average molecular weight is 266 g/mol. The number of H-pyrrole nitrogens is 1. The number of Topliss-reactive ketones (excluding diaryl/α,β-unsaturated/α-hetero) is 1. The minimum Gasteiger partial charge on any atom is -0.352 e. The lowest BCUT2D eigenvalue weighted by Gasteiger charge is -2.09. The molecule has 0 atom stereocenters. The molecule has 1 heterocycles. The molecule has 0 radical (unpaired) electrons. The van der Waals surface area contributed by atoms with Crippen LogP contribution >= 0.6 is 0 Å². The molecule has 100 valence electrons. The summed E-state index contributed by atoms with van der Waals surface area (Å²) in [6.07, 6.45) is 6.27. The SMILES string of the molecule is [N-]=[N+]=NCC=Cc1ccc2[nH]c3c(c2c1)CCCC3=O. The first-order chi connectivity index (χ1) is 9.79. The van der Waals surface area contributed by atoms with Gasteiger partial charge in [-0.15, -0.1) is 0 Å². The first-order valence-corrected chi connectivity index (χ1v) is 6.65. The number of hydrogen-bond acceptors (Lipinski definition) is 2. The summed E-state index contributed by atoms with van der Waals surface area (Å²) < 4.78 is 0. The van der Waals surface area contributed by atoms with Crippen LogP contribution in [0.2, 0.25) is 0 Å². The van der Waals surface area contributed by atoms with Gasteiger partial charge in [0.05, 0.1) is 5.69 Å². The van der Waals surface area contributed by atoms with Gasteiger partial charge < -0.3 is 4.98 Å². The molecule has 5 nitrogen and oxygen atoms in total. The molecule has 0 unspecified atom stereocenters. The molecular formula is C15H14N4O. The third-order valence-electron chi connectivity index (χ3n) is 3.60. The predicted octanol–water partition coefficient (Wildman–Crippen LogP) is 4.01. The van der Waals surface area contributed by atoms with Crippen LogP contribution in [0.3, 0.4) is 0 Å². The second kappa shape index (κ2) is 5.23. The zero-order chi connectivity index (χ0) is 13.9. The van der Waals surface area contributed by atoms with Gasteiger partial charge in [0.25, 0.3) is 0 Å². The molecule has 20 heavy (non-hydrogen) atoms. The van der Waals surface area contributed by atoms with Gasteiger partial charge in [-0.3, -0.25) is 4.79 Å². The number of hydrogen-bond donors (Lipinski definition) is 1. The van der Waals surface area contributed by atoms with Crippen LogP contribution in [0.25, 0.3) is 27.4 Å². The molecule has 0 saturated heterocycles. The average Bonchev–Trinajstić information content (AvgIpc) is 2.83. The minimum absolute atomic E-state index is 0.211. The Morgan fingerprint density at radius 3 is 3.15 bits per heavy atom. The van der Waals surface area contributed by atoms with Crippen LogP contribution in [0.15, 0.2) is 29.4 Å². The van der Waals surface area contributed by atoms with Crippen molar-refractivity contribution in [2.24, 2.45) is 5.11 Å². The first-order valence-electron chi connectivity index (χ1n) is 6.65. The minimum atomic E-state index is 0.211. The Morgan fingerprint density at radius 2 is 2.30 bits per heavy atom. The summed E-state index contributed by atoms with van der Waals surface area (Å²) in [6, 6.07) is 6.06. The van der Waals surface area contributed by atoms with E-state index in [1.54, 1.807) is 0 Å². The van der Waals surface area contributed by atoms with Crippen molar-refractivity contribution < 1.29 is 4.79 Å². The van der Waals surface area contributed by atoms with Gasteiger partial charge >= 0.3 is 0 Å². The molecule has 3 rings (SSSR count). The van der Waals surface area contributed by atoms with Gasteiger partial charge in [0.2, 0.25) is 0 Å². The maximum Gasteiger partial charge on any atom is 0.179 e. The van der Waals surface area contributed by atoms with E-state index in [0.29, 0.717) is 13.0 Å². The summed E-state index contributed by atoms with van der Waals surface area (Å²) in [6.45, 7) is 0.346. The molecule has 2 aromatic rings. The van der Waals surface area contributed by atoms with Crippen molar-refractivity contribution >= 4 is 22.8 Å². The van der Waals surface area contributed by atoms with Gasteiger partial charge in [-0.1, -0.05) is 23.3 Å². The number of aromatic amines is 1. The first kappa shape index (κ1) is 12.5. The summed E-state index contributed by atoms with van der Waals surface area (Å²) in [7, 11) is 0. The Kier molecular flexibility index (Phi) is 3.27. The van der Waals surface area contributed by atoms with Gasteiger partial charge in [0.15, 0.2) is 5.78 Å². The van der Waals surface area contributed by atoms with Crippen molar-refractivity contribution in [3.05, 3.63) is 51.5 Å². The van der Waals surface area contributed by atoms with E-state index in [0.717, 1.165) is 40.6 Å². The van der Waals surface area contributed by atoms with Gasteiger partial charge in [0, 0.05) is 28.8 Å². The zero-order valence-corrected chi connectivity index (χ0v) is 11.0. The molecule has 0 fully saturated rings. The lowest BCUT2D eigenvalue weighted by molar-refractivity contribution is 0.0968. The second-order valence-corrected chi connectivity index (χ2v) is 4.88. The van der Waals surface area contributed by atoms with E-state index >= 15 is 0 Å². The summed E-state index contributed by atoms with van der Waals surface area (Å²) in [5, 5.41) is 4.59. The summed E-state index contributed by atoms with van der Waals surface area (Å²) >= 11 is 0. The molecule has 1 aliphatic rings. The molecule has 1 aromatic carbocycles. The van der Waals surface area contributed by atoms with E-state index in [1.165, 1.54) is 0 Å². The number of aryl methyl sites for hydroxylation is 1. The summed E-state index contributed by atoms with van der Waals surface area (Å²) in [5.41, 5.74) is 12.2. The second-order valence-electron chi connectivity index (χ2n) is 4.88. The Hall–Kier alpha value is -2.52. The molecule has 0 amide bonds. The fourth-order valence-electron chi connectivity index (χ4n) is 2.69. The number of benzene rings is 1. The molecule has 1 aromatic heterocycles. The number of azide groups is 1. The third kappa shape index (κ3) is 2.19. The molecule has 0 spiro atoms. The quantitative estimate of drug-likeness (QED) is 0.508. The van der Waals surface area contributed by atoms with Gasteiger partial charge in [0.1, 0.15) is 0 Å². The Morgan fingerprint density at radius 1 is 1.40 bits per heavy atom. The van der Waals surface area contributed by atoms with Crippen molar-refractivity contribution in [2.45, 2.75) is 19.3 Å². The molecular weight excluding hydrogens is 252 g/mol. The molecule has 1 aliphatic carbocycles. The van der Waals surface area contributed by atoms with Crippen LogP contribution in [0.4, 0.5) is 0 Å². The summed E-state index contributed by atoms with van der Waals surface area (Å²) in [4.78, 5) is 17.8. The maximum absolute atomic E-state index is 11.9. The van der Waals surface area contributed by atoms with E-state index in [2.05, 4.69) is 21.1 Å². The number of rotatable bonds is 3. The van der Waals surface area contributed by atoms with Crippen LogP contribution in [0.1, 0.15) is 34.5 Å². The van der Waals surface area contributed by atoms with Crippen molar-refractivity contribution in [1.82, 2.24) is 4.98 Å². The van der Waals surface area contributed by atoms with Crippen LogP contribution in [-0.2, 0) is 6.42 Å². The normalized spacial score (nSPS) is 14.5. The molecule has 0 aliphatic heterocycles. The monoisotopic (exact) mass is 266 g/mol. The molecule has 5 heteroatoms. The van der Waals surface area contributed by atoms with Crippen molar-refractivity contribution in [1.29, 1.82) is 0 Å². The molecule has 0 saturated carbocycles. The van der Waals surface area contributed by atoms with Crippen molar-refractivity contribution in [3.8, 4) is 0 Å². The van der Waals surface area contributed by atoms with Gasteiger partial charge in [-0.05, 0) is 41.6 Å². The summed E-state index contributed by atoms with van der Waals surface area (Å²) in [5.74, 6) is 0.211. The highest BCUT2D eigenvalue weighted by Crippen LogP contribution is 2.29. The predicted molar refractivity (Wildman–Crippen MR) is 78.6 cm³/mol. The lowest BCUT2D eigenvalue weighted by atomic mass is 9.94. The van der Waals surface area contributed by atoms with Crippen LogP contribution < -0.4 is 0 Å². The van der Waals surface area contributed by atoms with E-state index in [-0.39, 0.29) is 5.78 Å². The topological polar surface area (TPSA) is 81.6 Å². The van der Waals surface area contributed by atoms with E-state index < -0.39 is 0 Å².